The molecule has 0 fully saturated rings. The van der Waals surface area contributed by atoms with E-state index in [1.165, 1.54) is 5.56 Å². The number of carbonyl (C=O) groups is 1. The number of ketones is 1. The number of methoxy groups -OCH3 is 1. The summed E-state index contributed by atoms with van der Waals surface area (Å²) in [6, 6.07) is 25.0. The van der Waals surface area contributed by atoms with Crippen LogP contribution in [0.2, 0.25) is 0 Å². The molecule has 0 amide bonds. The maximum absolute atomic E-state index is 12.6. The van der Waals surface area contributed by atoms with Crippen molar-refractivity contribution in [3.05, 3.63) is 102 Å². The van der Waals surface area contributed by atoms with Crippen LogP contribution in [0.25, 0.3) is 5.70 Å². The Morgan fingerprint density at radius 3 is 2.12 bits per heavy atom. The first kappa shape index (κ1) is 17.5. The number of allylic oxidation sites excluding steroid dienone is 1. The summed E-state index contributed by atoms with van der Waals surface area (Å²) >= 11 is 0. The molecule has 3 nitrogen and oxygen atoms in total. The van der Waals surface area contributed by atoms with Gasteiger partial charge in [0, 0.05) is 23.0 Å². The number of carbonyl (C=O) groups excluding carboxylic acids is 1. The third kappa shape index (κ3) is 4.39. The number of ether oxygens (including phenoxy) is 1. The van der Waals surface area contributed by atoms with Gasteiger partial charge in [0.15, 0.2) is 5.78 Å². The van der Waals surface area contributed by atoms with Crippen molar-refractivity contribution in [3.8, 4) is 5.75 Å². The summed E-state index contributed by atoms with van der Waals surface area (Å²) in [5.74, 6) is 0.749. The van der Waals surface area contributed by atoms with E-state index in [2.05, 4.69) is 5.32 Å². The topological polar surface area (TPSA) is 38.3 Å². The van der Waals surface area contributed by atoms with Gasteiger partial charge in [0.05, 0.1) is 7.11 Å². The molecular formula is C23H21NO2. The molecule has 0 heterocycles. The normalized spacial score (nSPS) is 11.1. The largest absolute Gasteiger partial charge is 0.497 e. The van der Waals surface area contributed by atoms with E-state index in [9.17, 15) is 4.79 Å². The number of hydrogen-bond acceptors (Lipinski definition) is 3. The van der Waals surface area contributed by atoms with Crippen LogP contribution in [0.3, 0.4) is 0 Å². The van der Waals surface area contributed by atoms with Crippen LogP contribution < -0.4 is 10.1 Å². The van der Waals surface area contributed by atoms with E-state index in [1.807, 2.05) is 85.8 Å². The highest BCUT2D eigenvalue weighted by atomic mass is 16.5. The Balaban J connectivity index is 1.94. The molecule has 3 aromatic carbocycles. The smallest absolute Gasteiger partial charge is 0.187 e. The van der Waals surface area contributed by atoms with Gasteiger partial charge in [0.1, 0.15) is 5.75 Å². The number of anilines is 1. The van der Waals surface area contributed by atoms with Gasteiger partial charge in [-0.15, -0.1) is 0 Å². The van der Waals surface area contributed by atoms with E-state index >= 15 is 0 Å². The lowest BCUT2D eigenvalue weighted by atomic mass is 10.1. The highest BCUT2D eigenvalue weighted by Gasteiger charge is 2.08. The van der Waals surface area contributed by atoms with Crippen molar-refractivity contribution in [1.29, 1.82) is 0 Å². The summed E-state index contributed by atoms with van der Waals surface area (Å²) in [7, 11) is 1.64. The molecule has 0 radical (unpaired) electrons. The molecule has 0 unspecified atom stereocenters. The minimum Gasteiger partial charge on any atom is -0.497 e. The van der Waals surface area contributed by atoms with Gasteiger partial charge in [0.2, 0.25) is 0 Å². The lowest BCUT2D eigenvalue weighted by Gasteiger charge is -2.12. The fraction of sp³-hybridized carbons (Fsp3) is 0.0870. The molecular weight excluding hydrogens is 322 g/mol. The summed E-state index contributed by atoms with van der Waals surface area (Å²) in [6.07, 6.45) is 1.64. The van der Waals surface area contributed by atoms with Crippen LogP contribution in [0.15, 0.2) is 84.9 Å². The Morgan fingerprint density at radius 1 is 0.846 bits per heavy atom. The molecule has 0 bridgehead atoms. The van der Waals surface area contributed by atoms with E-state index in [-0.39, 0.29) is 5.78 Å². The number of rotatable bonds is 6. The highest BCUT2D eigenvalue weighted by molar-refractivity contribution is 6.09. The zero-order chi connectivity index (χ0) is 18.4. The molecule has 0 spiro atoms. The summed E-state index contributed by atoms with van der Waals surface area (Å²) in [5.41, 5.74) is 4.43. The minimum absolute atomic E-state index is 0.0396. The fourth-order valence-corrected chi connectivity index (χ4v) is 2.57. The average Bonchev–Trinajstić information content (AvgIpc) is 2.69. The molecule has 0 aliphatic heterocycles. The lowest BCUT2D eigenvalue weighted by Crippen LogP contribution is -2.03. The van der Waals surface area contributed by atoms with Crippen LogP contribution in [-0.2, 0) is 0 Å². The van der Waals surface area contributed by atoms with Gasteiger partial charge < -0.3 is 10.1 Å². The van der Waals surface area contributed by atoms with E-state index in [1.54, 1.807) is 13.2 Å². The number of benzene rings is 3. The van der Waals surface area contributed by atoms with Gasteiger partial charge in [0.25, 0.3) is 0 Å². The van der Waals surface area contributed by atoms with Crippen molar-refractivity contribution in [2.75, 3.05) is 12.4 Å². The SMILES string of the molecule is COc1ccc(NC(=CC(=O)c2ccccc2)c2ccc(C)cc2)cc1. The lowest BCUT2D eigenvalue weighted by molar-refractivity contribution is 0.104. The third-order valence-electron chi connectivity index (χ3n) is 4.07. The molecule has 130 valence electrons. The van der Waals surface area contributed by atoms with Crippen molar-refractivity contribution >= 4 is 17.2 Å². The fourth-order valence-electron chi connectivity index (χ4n) is 2.57. The Hall–Kier alpha value is -3.33. The van der Waals surface area contributed by atoms with Gasteiger partial charge in [-0.05, 0) is 36.8 Å². The molecule has 0 saturated heterocycles. The zero-order valence-corrected chi connectivity index (χ0v) is 14.9. The molecule has 3 heteroatoms. The predicted molar refractivity (Wildman–Crippen MR) is 107 cm³/mol. The van der Waals surface area contributed by atoms with Crippen molar-refractivity contribution in [3.63, 3.8) is 0 Å². The number of nitrogens with one attached hydrogen (secondary N) is 1. The second-order valence-electron chi connectivity index (χ2n) is 6.01. The van der Waals surface area contributed by atoms with Gasteiger partial charge >= 0.3 is 0 Å². The Labute approximate surface area is 154 Å². The highest BCUT2D eigenvalue weighted by Crippen LogP contribution is 2.22. The van der Waals surface area contributed by atoms with Crippen LogP contribution in [0.1, 0.15) is 21.5 Å². The van der Waals surface area contributed by atoms with E-state index in [0.717, 1.165) is 22.7 Å². The average molecular weight is 343 g/mol. The minimum atomic E-state index is -0.0396. The van der Waals surface area contributed by atoms with Crippen LogP contribution in [0.4, 0.5) is 5.69 Å². The molecule has 1 N–H and O–H groups in total. The summed E-state index contributed by atoms with van der Waals surface area (Å²) in [5, 5.41) is 3.35. The maximum Gasteiger partial charge on any atom is 0.187 e. The molecule has 0 atom stereocenters. The van der Waals surface area contributed by atoms with Crippen molar-refractivity contribution in [1.82, 2.24) is 0 Å². The molecule has 0 aromatic heterocycles. The summed E-state index contributed by atoms with van der Waals surface area (Å²) in [6.45, 7) is 2.04. The van der Waals surface area contributed by atoms with E-state index < -0.39 is 0 Å². The Kier molecular flexibility index (Phi) is 5.49. The summed E-state index contributed by atoms with van der Waals surface area (Å²) in [4.78, 5) is 12.6. The molecule has 3 rings (SSSR count). The van der Waals surface area contributed by atoms with Crippen molar-refractivity contribution < 1.29 is 9.53 Å². The van der Waals surface area contributed by atoms with Crippen molar-refractivity contribution in [2.45, 2.75) is 6.92 Å². The van der Waals surface area contributed by atoms with Crippen LogP contribution in [0, 0.1) is 6.92 Å². The quantitative estimate of drug-likeness (QED) is 0.485. The zero-order valence-electron chi connectivity index (χ0n) is 14.9. The predicted octanol–water partition coefficient (Wildman–Crippen LogP) is 5.34. The molecule has 0 aliphatic carbocycles. The monoisotopic (exact) mass is 343 g/mol. The molecule has 26 heavy (non-hydrogen) atoms. The van der Waals surface area contributed by atoms with E-state index in [4.69, 9.17) is 4.74 Å². The first-order valence-electron chi connectivity index (χ1n) is 8.45. The number of aryl methyl sites for hydroxylation is 1. The molecule has 3 aromatic rings. The van der Waals surface area contributed by atoms with Gasteiger partial charge in [-0.25, -0.2) is 0 Å². The van der Waals surface area contributed by atoms with Gasteiger partial charge in [-0.1, -0.05) is 60.2 Å². The first-order valence-corrected chi connectivity index (χ1v) is 8.45. The first-order chi connectivity index (χ1) is 12.7. The Bertz CT molecular complexity index is 895. The van der Waals surface area contributed by atoms with E-state index in [0.29, 0.717) is 5.56 Å². The second-order valence-corrected chi connectivity index (χ2v) is 6.01. The molecule has 0 aliphatic rings. The van der Waals surface area contributed by atoms with Crippen molar-refractivity contribution in [2.24, 2.45) is 0 Å². The van der Waals surface area contributed by atoms with Crippen LogP contribution in [-0.4, -0.2) is 12.9 Å². The molecule has 0 saturated carbocycles. The van der Waals surface area contributed by atoms with Crippen LogP contribution >= 0.6 is 0 Å². The van der Waals surface area contributed by atoms with Gasteiger partial charge in [-0.2, -0.15) is 0 Å². The maximum atomic E-state index is 12.6. The Morgan fingerprint density at radius 2 is 1.50 bits per heavy atom. The number of hydrogen-bond donors (Lipinski definition) is 1. The summed E-state index contributed by atoms with van der Waals surface area (Å²) < 4.78 is 5.20. The standard InChI is InChI=1S/C23H21NO2/c1-17-8-10-18(11-9-17)22(16-23(25)19-6-4-3-5-7-19)24-20-12-14-21(26-2)15-13-20/h3-16,24H,1-2H3. The van der Waals surface area contributed by atoms with Gasteiger partial charge in [-0.3, -0.25) is 4.79 Å². The van der Waals surface area contributed by atoms with Crippen LogP contribution in [0.5, 0.6) is 5.75 Å². The third-order valence-corrected chi connectivity index (χ3v) is 4.07. The second kappa shape index (κ2) is 8.17.